The number of benzene rings is 3. The highest BCUT2D eigenvalue weighted by Crippen LogP contribution is 2.55. The first-order valence-electron chi connectivity index (χ1n) is 13.5. The lowest BCUT2D eigenvalue weighted by atomic mass is 9.79. The Labute approximate surface area is 236 Å². The number of nitrogens with zero attached hydrogens (tertiary/aromatic N) is 1. The molecule has 212 valence electrons. The van der Waals surface area contributed by atoms with E-state index in [-0.39, 0.29) is 13.0 Å². The Morgan fingerprint density at radius 3 is 2.02 bits per heavy atom. The largest absolute Gasteiger partial charge is 0.497 e. The van der Waals surface area contributed by atoms with E-state index >= 15 is 4.39 Å². The molecule has 2 bridgehead atoms. The van der Waals surface area contributed by atoms with Crippen molar-refractivity contribution in [1.82, 2.24) is 9.55 Å². The molecule has 9 heteroatoms. The molecule has 4 atom stereocenters. The van der Waals surface area contributed by atoms with E-state index in [1.165, 1.54) is 16.8 Å². The highest BCUT2D eigenvalue weighted by atomic mass is 19.1. The smallest absolute Gasteiger partial charge is 0.330 e. The number of alkyl halides is 1. The van der Waals surface area contributed by atoms with Gasteiger partial charge in [-0.15, -0.1) is 0 Å². The molecule has 1 saturated heterocycles. The molecule has 1 N–H and O–H groups in total. The van der Waals surface area contributed by atoms with E-state index < -0.39 is 40.8 Å². The molecule has 1 saturated carbocycles. The zero-order chi connectivity index (χ0) is 28.6. The molecule has 0 amide bonds. The van der Waals surface area contributed by atoms with Crippen molar-refractivity contribution in [3.8, 4) is 11.5 Å². The van der Waals surface area contributed by atoms with Crippen molar-refractivity contribution in [2.24, 2.45) is 5.92 Å². The number of methoxy groups -OCH3 is 2. The summed E-state index contributed by atoms with van der Waals surface area (Å²) in [6.45, 7) is 0.0610. The van der Waals surface area contributed by atoms with Gasteiger partial charge in [0.15, 0.2) is 0 Å². The molecule has 0 radical (unpaired) electrons. The third kappa shape index (κ3) is 4.75. The summed E-state index contributed by atoms with van der Waals surface area (Å²) in [4.78, 5) is 26.4. The summed E-state index contributed by atoms with van der Waals surface area (Å²) in [5, 5.41) is 0. The fourth-order valence-corrected chi connectivity index (χ4v) is 6.22. The molecule has 8 nitrogen and oxygen atoms in total. The number of hydrogen-bond donors (Lipinski definition) is 1. The van der Waals surface area contributed by atoms with Crippen molar-refractivity contribution >= 4 is 0 Å². The highest BCUT2D eigenvalue weighted by Gasteiger charge is 2.59. The fourth-order valence-electron chi connectivity index (χ4n) is 6.22. The van der Waals surface area contributed by atoms with Gasteiger partial charge in [-0.2, -0.15) is 0 Å². The van der Waals surface area contributed by atoms with Crippen molar-refractivity contribution in [3.05, 3.63) is 129 Å². The van der Waals surface area contributed by atoms with Crippen LogP contribution in [0.3, 0.4) is 0 Å². The summed E-state index contributed by atoms with van der Waals surface area (Å²) in [5.41, 5.74) is -0.626. The summed E-state index contributed by atoms with van der Waals surface area (Å²) in [5.74, 6) is 0.864. The molecular formula is C32H31FN2O6. The van der Waals surface area contributed by atoms with E-state index in [0.29, 0.717) is 17.9 Å². The Hall–Kier alpha value is -4.21. The molecule has 2 fully saturated rings. The first-order chi connectivity index (χ1) is 19.9. The SMILES string of the molecule is COc1ccc(C(OCC23CC(F)C(C2)C(n2ccc(=O)[nH]c2=O)O3)(c2ccccc2)c2ccc(OC)cc2)cc1. The van der Waals surface area contributed by atoms with Crippen LogP contribution in [0.4, 0.5) is 4.39 Å². The molecule has 3 aromatic carbocycles. The van der Waals surface area contributed by atoms with Crippen LogP contribution in [0.25, 0.3) is 0 Å². The summed E-state index contributed by atoms with van der Waals surface area (Å²) in [6.07, 6.45) is -0.163. The van der Waals surface area contributed by atoms with Gasteiger partial charge in [0.25, 0.3) is 5.56 Å². The number of halogens is 1. The lowest BCUT2D eigenvalue weighted by Crippen LogP contribution is -2.44. The van der Waals surface area contributed by atoms with E-state index in [1.54, 1.807) is 14.2 Å². The minimum atomic E-state index is -1.19. The van der Waals surface area contributed by atoms with Gasteiger partial charge >= 0.3 is 5.69 Å². The first-order valence-corrected chi connectivity index (χ1v) is 13.5. The van der Waals surface area contributed by atoms with Gasteiger partial charge in [0, 0.05) is 24.6 Å². The number of ether oxygens (including phenoxy) is 4. The van der Waals surface area contributed by atoms with Gasteiger partial charge in [0.05, 0.1) is 26.4 Å². The van der Waals surface area contributed by atoms with Crippen LogP contribution in [0, 0.1) is 5.92 Å². The van der Waals surface area contributed by atoms with Crippen LogP contribution in [-0.4, -0.2) is 42.2 Å². The third-order valence-electron chi connectivity index (χ3n) is 8.23. The predicted octanol–water partition coefficient (Wildman–Crippen LogP) is 4.58. The molecule has 1 aliphatic carbocycles. The second-order valence-corrected chi connectivity index (χ2v) is 10.6. The van der Waals surface area contributed by atoms with Crippen LogP contribution >= 0.6 is 0 Å². The zero-order valence-corrected chi connectivity index (χ0v) is 22.8. The molecular weight excluding hydrogens is 527 g/mol. The molecule has 2 aliphatic rings. The number of fused-ring (bicyclic) bond motifs is 2. The molecule has 4 aromatic rings. The van der Waals surface area contributed by atoms with Gasteiger partial charge in [0.1, 0.15) is 29.5 Å². The molecule has 6 rings (SSSR count). The Morgan fingerprint density at radius 1 is 0.878 bits per heavy atom. The number of H-pyrrole nitrogens is 1. The zero-order valence-electron chi connectivity index (χ0n) is 22.8. The average molecular weight is 559 g/mol. The minimum absolute atomic E-state index is 0.0610. The van der Waals surface area contributed by atoms with Crippen LogP contribution in [0.1, 0.15) is 35.8 Å². The first kappa shape index (κ1) is 27.0. The number of aromatic nitrogens is 2. The van der Waals surface area contributed by atoms with E-state index in [4.69, 9.17) is 18.9 Å². The second-order valence-electron chi connectivity index (χ2n) is 10.6. The quantitative estimate of drug-likeness (QED) is 0.303. The maximum absolute atomic E-state index is 15.4. The summed E-state index contributed by atoms with van der Waals surface area (Å²) < 4.78 is 41.0. The predicted molar refractivity (Wildman–Crippen MR) is 150 cm³/mol. The summed E-state index contributed by atoms with van der Waals surface area (Å²) in [6, 6.07) is 26.4. The van der Waals surface area contributed by atoms with Crippen molar-refractivity contribution in [3.63, 3.8) is 0 Å². The molecule has 41 heavy (non-hydrogen) atoms. The maximum atomic E-state index is 15.4. The number of aromatic amines is 1. The maximum Gasteiger partial charge on any atom is 0.330 e. The molecule has 4 unspecified atom stereocenters. The summed E-state index contributed by atoms with van der Waals surface area (Å²) in [7, 11) is 3.23. The topological polar surface area (TPSA) is 91.8 Å². The minimum Gasteiger partial charge on any atom is -0.497 e. The van der Waals surface area contributed by atoms with Crippen LogP contribution in [-0.2, 0) is 15.1 Å². The van der Waals surface area contributed by atoms with Gasteiger partial charge in [-0.1, -0.05) is 54.6 Å². The summed E-state index contributed by atoms with van der Waals surface area (Å²) >= 11 is 0. The van der Waals surface area contributed by atoms with Gasteiger partial charge in [-0.25, -0.2) is 9.18 Å². The van der Waals surface area contributed by atoms with E-state index in [0.717, 1.165) is 16.7 Å². The normalized spacial score (nSPS) is 23.4. The van der Waals surface area contributed by atoms with Crippen molar-refractivity contribution in [1.29, 1.82) is 0 Å². The van der Waals surface area contributed by atoms with Gasteiger partial charge < -0.3 is 18.9 Å². The Bertz CT molecular complexity index is 1570. The molecule has 1 aromatic heterocycles. The second kappa shape index (κ2) is 10.6. The average Bonchev–Trinajstić information content (AvgIpc) is 3.53. The Morgan fingerprint density at radius 2 is 1.46 bits per heavy atom. The Kier molecular flexibility index (Phi) is 7.01. The highest BCUT2D eigenvalue weighted by molar-refractivity contribution is 5.49. The van der Waals surface area contributed by atoms with Gasteiger partial charge in [-0.05, 0) is 47.4 Å². The van der Waals surface area contributed by atoms with Gasteiger partial charge in [0.2, 0.25) is 0 Å². The van der Waals surface area contributed by atoms with Gasteiger partial charge in [-0.3, -0.25) is 14.3 Å². The van der Waals surface area contributed by atoms with Crippen molar-refractivity contribution < 1.29 is 23.3 Å². The van der Waals surface area contributed by atoms with Crippen molar-refractivity contribution in [2.75, 3.05) is 20.8 Å². The molecule has 1 aliphatic heterocycles. The Balaban J connectivity index is 1.43. The lowest BCUT2D eigenvalue weighted by Gasteiger charge is -2.40. The third-order valence-corrected chi connectivity index (χ3v) is 8.23. The van der Waals surface area contributed by atoms with Crippen LogP contribution in [0.5, 0.6) is 11.5 Å². The number of hydrogen-bond acceptors (Lipinski definition) is 6. The number of nitrogens with one attached hydrogen (secondary N) is 1. The van der Waals surface area contributed by atoms with Crippen molar-refractivity contribution in [2.45, 2.75) is 36.4 Å². The monoisotopic (exact) mass is 558 g/mol. The molecule has 2 heterocycles. The van der Waals surface area contributed by atoms with Crippen LogP contribution in [0.2, 0.25) is 0 Å². The fraction of sp³-hybridized carbons (Fsp3) is 0.312. The lowest BCUT2D eigenvalue weighted by molar-refractivity contribution is -0.167. The van der Waals surface area contributed by atoms with Crippen LogP contribution in [0.15, 0.2) is 101 Å². The van der Waals surface area contributed by atoms with E-state index in [9.17, 15) is 9.59 Å². The standard InChI is InChI=1S/C32H31FN2O6/c1-38-24-12-8-22(9-13-24)32(21-6-4-3-5-7-21,23-10-14-25(39-2)15-11-23)40-20-31-18-26(27(33)19-31)29(41-31)35-17-16-28(36)34-30(35)37/h3-17,26-27,29H,18-20H2,1-2H3,(H,34,36,37). The number of rotatable bonds is 9. The van der Waals surface area contributed by atoms with Crippen LogP contribution < -0.4 is 20.7 Å². The molecule has 0 spiro atoms. The van der Waals surface area contributed by atoms with E-state index in [2.05, 4.69) is 4.98 Å². The van der Waals surface area contributed by atoms with E-state index in [1.807, 2.05) is 78.9 Å².